The topological polar surface area (TPSA) is 55.6 Å². The molecule has 2 aromatic carbocycles. The molecule has 0 atom stereocenters. The highest BCUT2D eigenvalue weighted by molar-refractivity contribution is 5.63. The summed E-state index contributed by atoms with van der Waals surface area (Å²) < 4.78 is 5.87. The van der Waals surface area contributed by atoms with Crippen molar-refractivity contribution >= 4 is 11.4 Å². The van der Waals surface area contributed by atoms with Crippen molar-refractivity contribution in [2.75, 3.05) is 18.0 Å². The van der Waals surface area contributed by atoms with Gasteiger partial charge in [-0.25, -0.2) is 0 Å². The van der Waals surface area contributed by atoms with Crippen molar-refractivity contribution < 1.29 is 9.66 Å². The number of nitro groups is 1. The first-order valence-electron chi connectivity index (χ1n) is 7.00. The largest absolute Gasteiger partial charge is 0.455 e. The molecule has 0 radical (unpaired) electrons. The van der Waals surface area contributed by atoms with Crippen LogP contribution < -0.4 is 9.64 Å². The average molecular weight is 284 g/mol. The van der Waals surface area contributed by atoms with Gasteiger partial charge < -0.3 is 9.64 Å². The third kappa shape index (κ3) is 2.97. The maximum absolute atomic E-state index is 11.0. The fourth-order valence-corrected chi connectivity index (χ4v) is 2.53. The molecule has 1 aliphatic heterocycles. The Morgan fingerprint density at radius 3 is 2.43 bits per heavy atom. The van der Waals surface area contributed by atoms with Crippen LogP contribution in [0.15, 0.2) is 48.5 Å². The van der Waals surface area contributed by atoms with Crippen LogP contribution in [0.3, 0.4) is 0 Å². The van der Waals surface area contributed by atoms with Gasteiger partial charge in [0.25, 0.3) is 5.69 Å². The molecule has 0 aliphatic carbocycles. The van der Waals surface area contributed by atoms with Crippen molar-refractivity contribution in [2.45, 2.75) is 12.8 Å². The van der Waals surface area contributed by atoms with Gasteiger partial charge in [-0.3, -0.25) is 10.1 Å². The van der Waals surface area contributed by atoms with E-state index in [9.17, 15) is 10.1 Å². The number of para-hydroxylation sites is 1. The smallest absolute Gasteiger partial charge is 0.273 e. The van der Waals surface area contributed by atoms with Crippen LogP contribution in [0, 0.1) is 10.1 Å². The van der Waals surface area contributed by atoms with Gasteiger partial charge in [-0.2, -0.15) is 0 Å². The third-order valence-electron chi connectivity index (χ3n) is 3.57. The number of nitrogens with zero attached hydrogens (tertiary/aromatic N) is 2. The first-order chi connectivity index (χ1) is 10.2. The number of nitro benzene ring substituents is 1. The molecule has 1 heterocycles. The molecule has 5 heteroatoms. The Morgan fingerprint density at radius 2 is 1.76 bits per heavy atom. The van der Waals surface area contributed by atoms with Crippen LogP contribution in [0.1, 0.15) is 12.8 Å². The second kappa shape index (κ2) is 5.83. The van der Waals surface area contributed by atoms with E-state index in [4.69, 9.17) is 4.74 Å². The molecule has 108 valence electrons. The van der Waals surface area contributed by atoms with Gasteiger partial charge >= 0.3 is 0 Å². The highest BCUT2D eigenvalue weighted by atomic mass is 16.6. The van der Waals surface area contributed by atoms with Gasteiger partial charge in [-0.15, -0.1) is 0 Å². The van der Waals surface area contributed by atoms with Gasteiger partial charge in [0.2, 0.25) is 0 Å². The summed E-state index contributed by atoms with van der Waals surface area (Å²) in [6, 6.07) is 14.2. The van der Waals surface area contributed by atoms with Crippen LogP contribution >= 0.6 is 0 Å². The van der Waals surface area contributed by atoms with E-state index in [0.29, 0.717) is 11.5 Å². The Hall–Kier alpha value is -2.56. The molecule has 3 rings (SSSR count). The lowest BCUT2D eigenvalue weighted by atomic mass is 10.2. The molecule has 0 N–H and O–H groups in total. The minimum Gasteiger partial charge on any atom is -0.455 e. The normalized spacial score (nSPS) is 14.2. The lowest BCUT2D eigenvalue weighted by Gasteiger charge is -2.21. The van der Waals surface area contributed by atoms with Gasteiger partial charge in [0, 0.05) is 19.2 Å². The fraction of sp³-hybridized carbons (Fsp3) is 0.250. The van der Waals surface area contributed by atoms with Crippen molar-refractivity contribution in [3.63, 3.8) is 0 Å². The summed E-state index contributed by atoms with van der Waals surface area (Å²) >= 11 is 0. The van der Waals surface area contributed by atoms with E-state index in [0.717, 1.165) is 31.6 Å². The Morgan fingerprint density at radius 1 is 1.05 bits per heavy atom. The Kier molecular flexibility index (Phi) is 3.73. The van der Waals surface area contributed by atoms with E-state index in [-0.39, 0.29) is 5.69 Å². The lowest BCUT2D eigenvalue weighted by Crippen LogP contribution is -2.18. The zero-order valence-electron chi connectivity index (χ0n) is 11.6. The van der Waals surface area contributed by atoms with Crippen LogP contribution in [0.2, 0.25) is 0 Å². The van der Waals surface area contributed by atoms with E-state index in [1.54, 1.807) is 6.07 Å². The number of non-ortho nitro benzene ring substituents is 1. The number of anilines is 1. The molecule has 0 bridgehead atoms. The van der Waals surface area contributed by atoms with Gasteiger partial charge in [0.05, 0.1) is 16.7 Å². The number of rotatable bonds is 4. The average Bonchev–Trinajstić information content (AvgIpc) is 3.02. The van der Waals surface area contributed by atoms with Crippen molar-refractivity contribution in [1.29, 1.82) is 0 Å². The molecule has 21 heavy (non-hydrogen) atoms. The number of hydrogen-bond acceptors (Lipinski definition) is 4. The van der Waals surface area contributed by atoms with E-state index < -0.39 is 4.92 Å². The summed E-state index contributed by atoms with van der Waals surface area (Å²) in [4.78, 5) is 12.8. The van der Waals surface area contributed by atoms with Crippen LogP contribution in [0.4, 0.5) is 11.4 Å². The molecule has 2 aromatic rings. The summed E-state index contributed by atoms with van der Waals surface area (Å²) in [5.74, 6) is 1.22. The van der Waals surface area contributed by atoms with Gasteiger partial charge in [-0.1, -0.05) is 18.2 Å². The predicted octanol–water partition coefficient (Wildman–Crippen LogP) is 3.99. The van der Waals surface area contributed by atoms with Gasteiger partial charge in [0.15, 0.2) is 5.75 Å². The van der Waals surface area contributed by atoms with E-state index in [1.165, 1.54) is 12.1 Å². The fourth-order valence-electron chi connectivity index (χ4n) is 2.53. The maximum Gasteiger partial charge on any atom is 0.273 e. The second-order valence-corrected chi connectivity index (χ2v) is 5.02. The number of ether oxygens (including phenoxy) is 1. The summed E-state index contributed by atoms with van der Waals surface area (Å²) in [7, 11) is 0. The van der Waals surface area contributed by atoms with Crippen LogP contribution in [0.25, 0.3) is 0 Å². The number of benzene rings is 2. The molecular weight excluding hydrogens is 268 g/mol. The monoisotopic (exact) mass is 284 g/mol. The zero-order valence-corrected chi connectivity index (χ0v) is 11.6. The second-order valence-electron chi connectivity index (χ2n) is 5.02. The first-order valence-corrected chi connectivity index (χ1v) is 7.00. The summed E-state index contributed by atoms with van der Waals surface area (Å²) in [5, 5.41) is 11.0. The van der Waals surface area contributed by atoms with Crippen LogP contribution in [-0.4, -0.2) is 18.0 Å². The molecule has 1 saturated heterocycles. The lowest BCUT2D eigenvalue weighted by molar-refractivity contribution is -0.384. The zero-order chi connectivity index (χ0) is 14.7. The van der Waals surface area contributed by atoms with Gasteiger partial charge in [0.1, 0.15) is 5.75 Å². The van der Waals surface area contributed by atoms with Gasteiger partial charge in [-0.05, 0) is 31.0 Å². The first kappa shape index (κ1) is 13.4. The van der Waals surface area contributed by atoms with Crippen molar-refractivity contribution in [1.82, 2.24) is 0 Å². The SMILES string of the molecule is O=[N+]([O-])c1ccc(N2CCCC2)c(Oc2ccccc2)c1. The molecule has 5 nitrogen and oxygen atoms in total. The van der Waals surface area contributed by atoms with Crippen molar-refractivity contribution in [2.24, 2.45) is 0 Å². The predicted molar refractivity (Wildman–Crippen MR) is 81.1 cm³/mol. The number of hydrogen-bond donors (Lipinski definition) is 0. The van der Waals surface area contributed by atoms with Crippen molar-refractivity contribution in [3.05, 3.63) is 58.6 Å². The standard InChI is InChI=1S/C16H16N2O3/c19-18(20)13-8-9-15(17-10-4-5-11-17)16(12-13)21-14-6-2-1-3-7-14/h1-3,6-9,12H,4-5,10-11H2. The highest BCUT2D eigenvalue weighted by Crippen LogP contribution is 2.36. The molecule has 1 fully saturated rings. The van der Waals surface area contributed by atoms with E-state index in [2.05, 4.69) is 4.90 Å². The molecule has 0 unspecified atom stereocenters. The highest BCUT2D eigenvalue weighted by Gasteiger charge is 2.20. The molecule has 0 saturated carbocycles. The summed E-state index contributed by atoms with van der Waals surface area (Å²) in [6.07, 6.45) is 2.28. The maximum atomic E-state index is 11.0. The molecule has 0 aromatic heterocycles. The van der Waals surface area contributed by atoms with Crippen LogP contribution in [-0.2, 0) is 0 Å². The van der Waals surface area contributed by atoms with E-state index >= 15 is 0 Å². The quantitative estimate of drug-likeness (QED) is 0.629. The van der Waals surface area contributed by atoms with Crippen LogP contribution in [0.5, 0.6) is 11.5 Å². The van der Waals surface area contributed by atoms with Crippen molar-refractivity contribution in [3.8, 4) is 11.5 Å². The Balaban J connectivity index is 1.97. The Labute approximate surface area is 122 Å². The minimum absolute atomic E-state index is 0.0453. The molecule has 0 spiro atoms. The molecular formula is C16H16N2O3. The Bertz CT molecular complexity index is 637. The molecule has 1 aliphatic rings. The minimum atomic E-state index is -0.397. The van der Waals surface area contributed by atoms with E-state index in [1.807, 2.05) is 30.3 Å². The summed E-state index contributed by atoms with van der Waals surface area (Å²) in [6.45, 7) is 1.92. The summed E-state index contributed by atoms with van der Waals surface area (Å²) in [5.41, 5.74) is 0.964. The third-order valence-corrected chi connectivity index (χ3v) is 3.57. The molecule has 0 amide bonds.